The van der Waals surface area contributed by atoms with Gasteiger partial charge in [0.15, 0.2) is 5.78 Å². The van der Waals surface area contributed by atoms with Gasteiger partial charge in [-0.3, -0.25) is 14.4 Å². The normalized spacial score (nSPS) is 31.3. The quantitative estimate of drug-likeness (QED) is 0.247. The number of nitrogens with zero attached hydrogens (tertiary/aromatic N) is 1. The Morgan fingerprint density at radius 2 is 1.61 bits per heavy atom. The fraction of sp³-hybridized carbons (Fsp3) is 0.269. The number of amides is 2. The molecule has 0 aromatic heterocycles. The lowest BCUT2D eigenvalue weighted by Crippen LogP contribution is -2.40. The second kappa shape index (κ2) is 7.37. The van der Waals surface area contributed by atoms with Gasteiger partial charge in [-0.25, -0.2) is 9.29 Å². The van der Waals surface area contributed by atoms with Gasteiger partial charge in [0.2, 0.25) is 11.8 Å². The molecule has 1 heterocycles. The van der Waals surface area contributed by atoms with Crippen LogP contribution in [0.15, 0.2) is 54.6 Å². The van der Waals surface area contributed by atoms with E-state index in [1.807, 2.05) is 0 Å². The number of halogens is 3. The minimum atomic E-state index is -0.676. The van der Waals surface area contributed by atoms with Crippen LogP contribution < -0.4 is 4.90 Å². The summed E-state index contributed by atoms with van der Waals surface area (Å²) in [5.74, 6) is -1.19. The van der Waals surface area contributed by atoms with Crippen LogP contribution in [0.3, 0.4) is 0 Å². The molecule has 4 nitrogen and oxygen atoms in total. The Bertz CT molecular complexity index is 1270. The molecule has 33 heavy (non-hydrogen) atoms. The van der Waals surface area contributed by atoms with Gasteiger partial charge < -0.3 is 0 Å². The molecule has 4 aliphatic carbocycles. The first-order valence-electron chi connectivity index (χ1n) is 10.9. The average molecular weight is 482 g/mol. The largest absolute Gasteiger partial charge is 0.289 e. The zero-order chi connectivity index (χ0) is 23.0. The van der Waals surface area contributed by atoms with Gasteiger partial charge in [-0.15, -0.1) is 0 Å². The fourth-order valence-corrected chi connectivity index (χ4v) is 6.22. The van der Waals surface area contributed by atoms with Crippen molar-refractivity contribution in [1.82, 2.24) is 0 Å². The minimum absolute atomic E-state index is 0.0274. The van der Waals surface area contributed by atoms with Gasteiger partial charge in [-0.2, -0.15) is 0 Å². The SMILES string of the molecule is O=C(/C=C/c1ccc(N2C(=O)[C@@H]3[C@@H]4C=C[C@@H]([C@H]5C[C@@H]45)[C@@H]3C2=O)c(F)c1)c1ccc(Cl)c(Cl)c1. The highest BCUT2D eigenvalue weighted by atomic mass is 35.5. The molecule has 1 saturated heterocycles. The number of hydrogen-bond donors (Lipinski definition) is 0. The first-order valence-corrected chi connectivity index (χ1v) is 11.6. The standard InChI is InChI=1S/C26H18Cl2FNO3/c27-18-6-3-13(10-19(18)28)22(31)8-2-12-1-7-21(20(29)9-12)30-25(32)23-14-4-5-15(17-11-16(14)17)24(23)26(30)33/h1-10,14-17,23-24H,11H2/b8-2+/t14-,15+,16+,17-,23-,24+. The number of anilines is 1. The molecular formula is C26H18Cl2FNO3. The Labute approximate surface area is 199 Å². The van der Waals surface area contributed by atoms with Crippen LogP contribution in [-0.4, -0.2) is 17.6 Å². The second-order valence-corrected chi connectivity index (χ2v) is 10.0. The van der Waals surface area contributed by atoms with Crippen molar-refractivity contribution in [3.63, 3.8) is 0 Å². The molecule has 1 aliphatic heterocycles. The van der Waals surface area contributed by atoms with Crippen molar-refractivity contribution in [2.45, 2.75) is 6.42 Å². The van der Waals surface area contributed by atoms with Gasteiger partial charge in [0.1, 0.15) is 5.82 Å². The lowest BCUT2D eigenvalue weighted by atomic mass is 9.63. The van der Waals surface area contributed by atoms with Gasteiger partial charge in [-0.05, 0) is 72.1 Å². The molecule has 2 aromatic rings. The summed E-state index contributed by atoms with van der Waals surface area (Å²) in [7, 11) is 0. The first kappa shape index (κ1) is 20.8. The van der Waals surface area contributed by atoms with Crippen LogP contribution in [0, 0.1) is 41.3 Å². The van der Waals surface area contributed by atoms with Crippen LogP contribution in [0.2, 0.25) is 10.0 Å². The summed E-state index contributed by atoms with van der Waals surface area (Å²) in [5.41, 5.74) is 0.763. The highest BCUT2D eigenvalue weighted by molar-refractivity contribution is 6.42. The van der Waals surface area contributed by atoms with Crippen molar-refractivity contribution in [3.05, 3.63) is 81.6 Å². The number of ketones is 1. The van der Waals surface area contributed by atoms with E-state index < -0.39 is 5.82 Å². The number of carbonyl (C=O) groups excluding carboxylic acids is 3. The summed E-state index contributed by atoms with van der Waals surface area (Å²) >= 11 is 11.8. The van der Waals surface area contributed by atoms with E-state index in [4.69, 9.17) is 23.2 Å². The number of hydrogen-bond acceptors (Lipinski definition) is 3. The van der Waals surface area contributed by atoms with Crippen molar-refractivity contribution >= 4 is 52.6 Å². The van der Waals surface area contributed by atoms with E-state index in [0.29, 0.717) is 28.0 Å². The van der Waals surface area contributed by atoms with Gasteiger partial charge in [0.05, 0.1) is 27.6 Å². The molecule has 2 amide bonds. The van der Waals surface area contributed by atoms with E-state index in [1.54, 1.807) is 12.1 Å². The van der Waals surface area contributed by atoms with Crippen LogP contribution >= 0.6 is 23.2 Å². The maximum Gasteiger partial charge on any atom is 0.238 e. The highest BCUT2D eigenvalue weighted by Gasteiger charge is 2.67. The molecule has 3 fully saturated rings. The Morgan fingerprint density at radius 1 is 0.939 bits per heavy atom. The maximum absolute atomic E-state index is 15.1. The number of imide groups is 1. The van der Waals surface area contributed by atoms with Gasteiger partial charge in [-0.1, -0.05) is 47.5 Å². The van der Waals surface area contributed by atoms with Gasteiger partial charge in [0, 0.05) is 5.56 Å². The predicted molar refractivity (Wildman–Crippen MR) is 123 cm³/mol. The monoisotopic (exact) mass is 481 g/mol. The molecule has 7 rings (SSSR count). The number of rotatable bonds is 4. The maximum atomic E-state index is 15.1. The minimum Gasteiger partial charge on any atom is -0.289 e. The number of carbonyl (C=O) groups is 3. The summed E-state index contributed by atoms with van der Waals surface area (Å²) in [6.07, 6.45) is 8.03. The van der Waals surface area contributed by atoms with Crippen LogP contribution in [0.1, 0.15) is 22.3 Å². The van der Waals surface area contributed by atoms with Crippen LogP contribution in [-0.2, 0) is 9.59 Å². The smallest absolute Gasteiger partial charge is 0.238 e. The zero-order valence-electron chi connectivity index (χ0n) is 17.3. The summed E-state index contributed by atoms with van der Waals surface area (Å²) in [5, 5.41) is 0.620. The van der Waals surface area contributed by atoms with Gasteiger partial charge in [0.25, 0.3) is 0 Å². The van der Waals surface area contributed by atoms with Crippen molar-refractivity contribution in [1.29, 1.82) is 0 Å². The van der Waals surface area contributed by atoms with Gasteiger partial charge >= 0.3 is 0 Å². The lowest BCUT2D eigenvalue weighted by Gasteiger charge is -2.37. The molecule has 5 aliphatic rings. The third-order valence-corrected chi connectivity index (χ3v) is 8.25. The predicted octanol–water partition coefficient (Wildman–Crippen LogP) is 5.59. The Hall–Kier alpha value is -2.76. The molecule has 0 radical (unpaired) electrons. The molecule has 6 atom stereocenters. The van der Waals surface area contributed by atoms with E-state index in [-0.39, 0.29) is 52.0 Å². The molecular weight excluding hydrogens is 464 g/mol. The van der Waals surface area contributed by atoms with E-state index in [2.05, 4.69) is 12.2 Å². The molecule has 2 saturated carbocycles. The highest BCUT2D eigenvalue weighted by Crippen LogP contribution is 2.65. The van der Waals surface area contributed by atoms with E-state index in [1.165, 1.54) is 36.4 Å². The molecule has 2 bridgehead atoms. The van der Waals surface area contributed by atoms with Crippen molar-refractivity contribution in [2.75, 3.05) is 4.90 Å². The third kappa shape index (κ3) is 3.13. The molecule has 0 spiro atoms. The summed E-state index contributed by atoms with van der Waals surface area (Å²) in [6.45, 7) is 0. The first-order chi connectivity index (χ1) is 15.8. The zero-order valence-corrected chi connectivity index (χ0v) is 18.8. The molecule has 0 unspecified atom stereocenters. The molecule has 2 aromatic carbocycles. The number of benzene rings is 2. The van der Waals surface area contributed by atoms with Crippen molar-refractivity contribution < 1.29 is 18.8 Å². The number of allylic oxidation sites excluding steroid dienone is 3. The summed E-state index contributed by atoms with van der Waals surface area (Å²) in [4.78, 5) is 39.8. The van der Waals surface area contributed by atoms with Crippen LogP contribution in [0.5, 0.6) is 0 Å². The van der Waals surface area contributed by atoms with Crippen molar-refractivity contribution in [3.8, 4) is 0 Å². The van der Waals surface area contributed by atoms with Crippen LogP contribution in [0.25, 0.3) is 6.08 Å². The van der Waals surface area contributed by atoms with E-state index in [0.717, 1.165) is 11.3 Å². The second-order valence-electron chi connectivity index (χ2n) is 9.20. The third-order valence-electron chi connectivity index (χ3n) is 7.51. The fourth-order valence-electron chi connectivity index (χ4n) is 5.92. The Morgan fingerprint density at radius 3 is 2.21 bits per heavy atom. The lowest BCUT2D eigenvalue weighted by molar-refractivity contribution is -0.124. The Kier molecular flexibility index (Phi) is 4.65. The van der Waals surface area contributed by atoms with E-state index >= 15 is 4.39 Å². The molecule has 166 valence electrons. The molecule has 0 N–H and O–H groups in total. The summed E-state index contributed by atoms with van der Waals surface area (Å²) in [6, 6.07) is 8.80. The Balaban J connectivity index is 1.24. The average Bonchev–Trinajstić information content (AvgIpc) is 3.58. The molecule has 7 heteroatoms. The summed E-state index contributed by atoms with van der Waals surface area (Å²) < 4.78 is 15.1. The van der Waals surface area contributed by atoms with E-state index in [9.17, 15) is 14.4 Å². The topological polar surface area (TPSA) is 54.5 Å². The van der Waals surface area contributed by atoms with Crippen LogP contribution in [0.4, 0.5) is 10.1 Å². The van der Waals surface area contributed by atoms with Crippen molar-refractivity contribution in [2.24, 2.45) is 35.5 Å².